The Hall–Kier alpha value is -0.610. The number of nitrogens with two attached hydrogens (primary N) is 1. The lowest BCUT2D eigenvalue weighted by molar-refractivity contribution is -0.133. The number of amides is 1. The van der Waals surface area contributed by atoms with Crippen molar-refractivity contribution < 1.29 is 9.53 Å². The molecule has 0 bridgehead atoms. The molecule has 98 valence electrons. The number of ether oxygens (including phenoxy) is 1. The lowest BCUT2D eigenvalue weighted by atomic mass is 9.78. The van der Waals surface area contributed by atoms with Crippen LogP contribution in [0.4, 0.5) is 0 Å². The molecular formula is C13H24N2O2. The lowest BCUT2D eigenvalue weighted by Crippen LogP contribution is -2.65. The van der Waals surface area contributed by atoms with Crippen LogP contribution in [0.2, 0.25) is 0 Å². The van der Waals surface area contributed by atoms with Crippen LogP contribution in [-0.2, 0) is 9.53 Å². The van der Waals surface area contributed by atoms with Crippen LogP contribution in [0.25, 0.3) is 0 Å². The molecule has 1 saturated heterocycles. The Morgan fingerprint density at radius 3 is 2.29 bits per heavy atom. The van der Waals surface area contributed by atoms with Gasteiger partial charge in [0.15, 0.2) is 0 Å². The van der Waals surface area contributed by atoms with Gasteiger partial charge in [-0.15, -0.1) is 0 Å². The van der Waals surface area contributed by atoms with Gasteiger partial charge < -0.3 is 15.8 Å². The average Bonchev–Trinajstić information content (AvgIpc) is 2.89. The summed E-state index contributed by atoms with van der Waals surface area (Å²) in [6, 6.07) is 0. The highest BCUT2D eigenvalue weighted by atomic mass is 16.5. The molecule has 1 heterocycles. The molecule has 0 aromatic carbocycles. The summed E-state index contributed by atoms with van der Waals surface area (Å²) < 4.78 is 6.00. The molecule has 1 atom stereocenters. The highest BCUT2D eigenvalue weighted by Gasteiger charge is 2.60. The highest BCUT2D eigenvalue weighted by Crippen LogP contribution is 2.45. The molecular weight excluding hydrogens is 216 g/mol. The van der Waals surface area contributed by atoms with Crippen LogP contribution in [-0.4, -0.2) is 29.2 Å². The third kappa shape index (κ3) is 2.20. The van der Waals surface area contributed by atoms with Crippen LogP contribution in [0.3, 0.4) is 0 Å². The van der Waals surface area contributed by atoms with Crippen LogP contribution in [0.15, 0.2) is 0 Å². The van der Waals surface area contributed by atoms with Gasteiger partial charge in [-0.25, -0.2) is 0 Å². The molecule has 1 saturated carbocycles. The van der Waals surface area contributed by atoms with Crippen molar-refractivity contribution in [2.45, 2.75) is 63.7 Å². The van der Waals surface area contributed by atoms with Crippen LogP contribution < -0.4 is 11.1 Å². The zero-order valence-corrected chi connectivity index (χ0v) is 11.3. The van der Waals surface area contributed by atoms with Gasteiger partial charge in [0.1, 0.15) is 5.54 Å². The van der Waals surface area contributed by atoms with Crippen molar-refractivity contribution in [1.82, 2.24) is 5.32 Å². The molecule has 0 radical (unpaired) electrons. The van der Waals surface area contributed by atoms with Gasteiger partial charge in [-0.05, 0) is 53.0 Å². The summed E-state index contributed by atoms with van der Waals surface area (Å²) in [6.45, 7) is 8.79. The molecule has 0 spiro atoms. The molecule has 2 fully saturated rings. The van der Waals surface area contributed by atoms with Gasteiger partial charge in [0.25, 0.3) is 0 Å². The number of carbonyl (C=O) groups excluding carboxylic acids is 1. The largest absolute Gasteiger partial charge is 0.368 e. The van der Waals surface area contributed by atoms with Crippen molar-refractivity contribution in [3.05, 3.63) is 0 Å². The monoisotopic (exact) mass is 240 g/mol. The number of primary amides is 1. The van der Waals surface area contributed by atoms with E-state index in [1.165, 1.54) is 12.8 Å². The van der Waals surface area contributed by atoms with E-state index in [1.807, 2.05) is 27.7 Å². The topological polar surface area (TPSA) is 64.3 Å². The van der Waals surface area contributed by atoms with Gasteiger partial charge in [0.05, 0.1) is 11.2 Å². The van der Waals surface area contributed by atoms with Gasteiger partial charge in [0, 0.05) is 6.42 Å². The third-order valence-corrected chi connectivity index (χ3v) is 4.06. The fraction of sp³-hybridized carbons (Fsp3) is 0.923. The summed E-state index contributed by atoms with van der Waals surface area (Å²) in [5.74, 6) is 0.416. The molecule has 4 nitrogen and oxygen atoms in total. The number of carbonyl (C=O) groups is 1. The fourth-order valence-electron chi connectivity index (χ4n) is 3.05. The number of nitrogens with one attached hydrogen (secondary N) is 1. The van der Waals surface area contributed by atoms with E-state index in [1.54, 1.807) is 0 Å². The molecule has 1 amide bonds. The van der Waals surface area contributed by atoms with Crippen molar-refractivity contribution in [2.75, 3.05) is 6.54 Å². The second-order valence-corrected chi connectivity index (χ2v) is 6.64. The summed E-state index contributed by atoms with van der Waals surface area (Å²) in [6.07, 6.45) is 3.15. The molecule has 1 aliphatic heterocycles. The van der Waals surface area contributed by atoms with E-state index in [4.69, 9.17) is 10.5 Å². The van der Waals surface area contributed by atoms with E-state index >= 15 is 0 Å². The first kappa shape index (κ1) is 12.8. The van der Waals surface area contributed by atoms with Crippen LogP contribution in [0.5, 0.6) is 0 Å². The van der Waals surface area contributed by atoms with Crippen LogP contribution >= 0.6 is 0 Å². The van der Waals surface area contributed by atoms with Gasteiger partial charge in [-0.1, -0.05) is 0 Å². The maximum Gasteiger partial charge on any atom is 0.240 e. The van der Waals surface area contributed by atoms with Crippen molar-refractivity contribution in [3.8, 4) is 0 Å². The summed E-state index contributed by atoms with van der Waals surface area (Å²) in [5.41, 5.74) is 4.05. The standard InChI is InChI=1S/C13H24N2O2/c1-11(2)8-13(10(14)16,12(3,4)17-11)15-7-9-5-6-9/h9,15H,5-8H2,1-4H3,(H2,14,16). The summed E-state index contributed by atoms with van der Waals surface area (Å²) in [7, 11) is 0. The molecule has 0 aromatic rings. The average molecular weight is 240 g/mol. The molecule has 1 aliphatic carbocycles. The maximum atomic E-state index is 11.9. The molecule has 2 aliphatic rings. The Bertz CT molecular complexity index is 334. The van der Waals surface area contributed by atoms with Gasteiger partial charge >= 0.3 is 0 Å². The summed E-state index contributed by atoms with van der Waals surface area (Å²) >= 11 is 0. The quantitative estimate of drug-likeness (QED) is 0.775. The van der Waals surface area contributed by atoms with Crippen molar-refractivity contribution in [3.63, 3.8) is 0 Å². The van der Waals surface area contributed by atoms with Gasteiger partial charge in [-0.3, -0.25) is 4.79 Å². The molecule has 1 unspecified atom stereocenters. The SMILES string of the molecule is CC1(C)CC(NCC2CC2)(C(N)=O)C(C)(C)O1. The summed E-state index contributed by atoms with van der Waals surface area (Å²) in [5, 5.41) is 3.40. The van der Waals surface area contributed by atoms with Crippen molar-refractivity contribution in [1.29, 1.82) is 0 Å². The Morgan fingerprint density at radius 1 is 1.35 bits per heavy atom. The predicted octanol–water partition coefficient (Wildman–Crippen LogP) is 1.19. The smallest absolute Gasteiger partial charge is 0.240 e. The zero-order valence-electron chi connectivity index (χ0n) is 11.3. The Kier molecular flexibility index (Phi) is 2.79. The minimum atomic E-state index is -0.737. The van der Waals surface area contributed by atoms with E-state index in [0.717, 1.165) is 6.54 Å². The molecule has 0 aromatic heterocycles. The fourth-order valence-corrected chi connectivity index (χ4v) is 3.05. The molecule has 3 N–H and O–H groups in total. The third-order valence-electron chi connectivity index (χ3n) is 4.06. The zero-order chi connectivity index (χ0) is 12.9. The van der Waals surface area contributed by atoms with Gasteiger partial charge in [0.2, 0.25) is 5.91 Å². The van der Waals surface area contributed by atoms with Crippen LogP contribution in [0, 0.1) is 5.92 Å². The number of hydrogen-bond acceptors (Lipinski definition) is 3. The first-order valence-corrected chi connectivity index (χ1v) is 6.44. The van der Waals surface area contributed by atoms with E-state index in [2.05, 4.69) is 5.32 Å². The number of rotatable bonds is 4. The summed E-state index contributed by atoms with van der Waals surface area (Å²) in [4.78, 5) is 11.9. The molecule has 17 heavy (non-hydrogen) atoms. The first-order valence-electron chi connectivity index (χ1n) is 6.44. The second-order valence-electron chi connectivity index (χ2n) is 6.64. The Labute approximate surface area is 103 Å². The second kappa shape index (κ2) is 3.69. The first-order chi connectivity index (χ1) is 7.69. The Balaban J connectivity index is 2.22. The lowest BCUT2D eigenvalue weighted by Gasteiger charge is -2.38. The number of hydrogen-bond donors (Lipinski definition) is 2. The van der Waals surface area contributed by atoms with Gasteiger partial charge in [-0.2, -0.15) is 0 Å². The minimum Gasteiger partial charge on any atom is -0.368 e. The minimum absolute atomic E-state index is 0.297. The molecule has 4 heteroatoms. The van der Waals surface area contributed by atoms with Crippen molar-refractivity contribution in [2.24, 2.45) is 11.7 Å². The van der Waals surface area contributed by atoms with E-state index in [-0.39, 0.29) is 11.5 Å². The Morgan fingerprint density at radius 2 is 1.94 bits per heavy atom. The van der Waals surface area contributed by atoms with E-state index in [9.17, 15) is 4.79 Å². The van der Waals surface area contributed by atoms with Crippen LogP contribution in [0.1, 0.15) is 47.0 Å². The highest BCUT2D eigenvalue weighted by molar-refractivity contribution is 5.87. The van der Waals surface area contributed by atoms with E-state index in [0.29, 0.717) is 12.3 Å². The maximum absolute atomic E-state index is 11.9. The van der Waals surface area contributed by atoms with E-state index < -0.39 is 11.1 Å². The van der Waals surface area contributed by atoms with Crippen molar-refractivity contribution >= 4 is 5.91 Å². The predicted molar refractivity (Wildman–Crippen MR) is 66.5 cm³/mol. The molecule has 2 rings (SSSR count). The normalized spacial score (nSPS) is 34.8.